The third-order valence-corrected chi connectivity index (χ3v) is 6.04. The molecule has 0 spiro atoms. The molecule has 0 aromatic heterocycles. The first-order chi connectivity index (χ1) is 14.8. The zero-order valence-electron chi connectivity index (χ0n) is 18.0. The van der Waals surface area contributed by atoms with E-state index >= 15 is 0 Å². The van der Waals surface area contributed by atoms with Gasteiger partial charge in [-0.1, -0.05) is 11.6 Å². The number of piperazine rings is 1. The van der Waals surface area contributed by atoms with Crippen LogP contribution in [-0.4, -0.2) is 55.6 Å². The number of ketones is 1. The van der Waals surface area contributed by atoms with Crippen molar-refractivity contribution >= 4 is 23.1 Å². The second-order valence-electron chi connectivity index (χ2n) is 8.75. The molecule has 166 valence electrons. The first-order valence-electron chi connectivity index (χ1n) is 10.7. The van der Waals surface area contributed by atoms with Crippen molar-refractivity contribution < 1.29 is 18.7 Å². The molecule has 2 aliphatic rings. The highest BCUT2D eigenvalue weighted by Gasteiger charge is 2.32. The van der Waals surface area contributed by atoms with Gasteiger partial charge in [0.15, 0.2) is 5.78 Å². The third-order valence-electron chi connectivity index (χ3n) is 5.75. The van der Waals surface area contributed by atoms with Crippen LogP contribution in [-0.2, 0) is 0 Å². The molecule has 4 rings (SSSR count). The van der Waals surface area contributed by atoms with Crippen molar-refractivity contribution in [3.05, 3.63) is 52.8 Å². The maximum atomic E-state index is 13.4. The van der Waals surface area contributed by atoms with Crippen LogP contribution in [0.3, 0.4) is 0 Å². The van der Waals surface area contributed by atoms with E-state index in [1.54, 1.807) is 18.2 Å². The average Bonchev–Trinajstić information content (AvgIpc) is 2.72. The summed E-state index contributed by atoms with van der Waals surface area (Å²) in [6.07, 6.45) is 1.30. The van der Waals surface area contributed by atoms with Crippen LogP contribution in [0.15, 0.2) is 36.4 Å². The molecule has 0 radical (unpaired) electrons. The summed E-state index contributed by atoms with van der Waals surface area (Å²) in [7, 11) is 0. The van der Waals surface area contributed by atoms with Gasteiger partial charge in [-0.05, 0) is 50.6 Å². The highest BCUT2D eigenvalue weighted by molar-refractivity contribution is 6.31. The molecule has 31 heavy (non-hydrogen) atoms. The Morgan fingerprint density at radius 3 is 2.65 bits per heavy atom. The molecule has 2 aromatic rings. The number of anilines is 1. The number of rotatable bonds is 6. The Bertz CT molecular complexity index is 958. The highest BCUT2D eigenvalue weighted by Crippen LogP contribution is 2.35. The van der Waals surface area contributed by atoms with Crippen LogP contribution in [0.2, 0.25) is 5.02 Å². The minimum Gasteiger partial charge on any atom is -0.493 e. The lowest BCUT2D eigenvalue weighted by Gasteiger charge is -2.36. The molecule has 0 N–H and O–H groups in total. The number of benzene rings is 2. The van der Waals surface area contributed by atoms with E-state index in [4.69, 9.17) is 21.1 Å². The molecule has 0 saturated carbocycles. The minimum atomic E-state index is -0.482. The van der Waals surface area contributed by atoms with Gasteiger partial charge in [-0.2, -0.15) is 0 Å². The van der Waals surface area contributed by atoms with Crippen molar-refractivity contribution in [2.24, 2.45) is 0 Å². The summed E-state index contributed by atoms with van der Waals surface area (Å²) in [6, 6.07) is 10.3. The summed E-state index contributed by atoms with van der Waals surface area (Å²) in [6.45, 7) is 9.05. The van der Waals surface area contributed by atoms with E-state index in [0.29, 0.717) is 24.3 Å². The van der Waals surface area contributed by atoms with Crippen LogP contribution >= 0.6 is 11.6 Å². The Morgan fingerprint density at radius 1 is 1.13 bits per heavy atom. The van der Waals surface area contributed by atoms with E-state index in [2.05, 4.69) is 9.80 Å². The van der Waals surface area contributed by atoms with E-state index in [0.717, 1.165) is 50.6 Å². The molecule has 7 heteroatoms. The maximum Gasteiger partial charge on any atom is 0.170 e. The molecular formula is C24H28ClFN2O3. The molecule has 2 aliphatic heterocycles. The fraction of sp³-hybridized carbons (Fsp3) is 0.458. The summed E-state index contributed by atoms with van der Waals surface area (Å²) >= 11 is 5.91. The van der Waals surface area contributed by atoms with Crippen LogP contribution in [0.5, 0.6) is 11.5 Å². The summed E-state index contributed by atoms with van der Waals surface area (Å²) < 4.78 is 25.2. The van der Waals surface area contributed by atoms with Gasteiger partial charge < -0.3 is 14.4 Å². The fourth-order valence-corrected chi connectivity index (χ4v) is 4.29. The molecule has 1 saturated heterocycles. The summed E-state index contributed by atoms with van der Waals surface area (Å²) in [5.41, 5.74) is 1.11. The second-order valence-corrected chi connectivity index (χ2v) is 9.16. The topological polar surface area (TPSA) is 42.0 Å². The second kappa shape index (κ2) is 9.05. The molecule has 0 aliphatic carbocycles. The molecule has 5 nitrogen and oxygen atoms in total. The summed E-state index contributed by atoms with van der Waals surface area (Å²) in [5.74, 6) is 1.06. The van der Waals surface area contributed by atoms with Crippen molar-refractivity contribution in [1.82, 2.24) is 4.90 Å². The van der Waals surface area contributed by atoms with Crippen LogP contribution in [0.25, 0.3) is 0 Å². The molecular weight excluding hydrogens is 419 g/mol. The lowest BCUT2D eigenvalue weighted by atomic mass is 9.93. The minimum absolute atomic E-state index is 0.111. The maximum absolute atomic E-state index is 13.4. The van der Waals surface area contributed by atoms with Gasteiger partial charge >= 0.3 is 0 Å². The third kappa shape index (κ3) is 5.31. The largest absolute Gasteiger partial charge is 0.493 e. The molecule has 0 atom stereocenters. The van der Waals surface area contributed by atoms with E-state index < -0.39 is 5.60 Å². The molecule has 0 bridgehead atoms. The predicted molar refractivity (Wildman–Crippen MR) is 120 cm³/mol. The highest BCUT2D eigenvalue weighted by atomic mass is 35.5. The first kappa shape index (κ1) is 21.9. The van der Waals surface area contributed by atoms with Gasteiger partial charge in [0.1, 0.15) is 22.9 Å². The number of hydrogen-bond acceptors (Lipinski definition) is 5. The number of hydrogen-bond donors (Lipinski definition) is 0. The Kier molecular flexibility index (Phi) is 6.39. The predicted octanol–water partition coefficient (Wildman–Crippen LogP) is 4.81. The molecule has 2 aromatic carbocycles. The van der Waals surface area contributed by atoms with Crippen LogP contribution in [0.4, 0.5) is 10.1 Å². The van der Waals surface area contributed by atoms with E-state index in [-0.39, 0.29) is 16.6 Å². The van der Waals surface area contributed by atoms with Gasteiger partial charge in [0.05, 0.1) is 23.6 Å². The molecule has 2 heterocycles. The smallest absolute Gasteiger partial charge is 0.170 e. The Labute approximate surface area is 187 Å². The number of carbonyl (C=O) groups excluding carboxylic acids is 1. The van der Waals surface area contributed by atoms with Crippen molar-refractivity contribution in [3.63, 3.8) is 0 Å². The monoisotopic (exact) mass is 446 g/mol. The standard InChI is InChI=1S/C24H28ClFN2O3/c1-24(2)16-22(29)19-6-5-18(15-23(19)31-24)30-13-3-8-27-9-11-28(12-10-27)17-4-7-21(26)20(25)14-17/h4-7,14-15H,3,8-13,16H2,1-2H3. The number of fused-ring (bicyclic) bond motifs is 1. The van der Waals surface area contributed by atoms with Gasteiger partial charge in [0.25, 0.3) is 0 Å². The number of ether oxygens (including phenoxy) is 2. The Balaban J connectivity index is 1.21. The number of carbonyl (C=O) groups is 1. The van der Waals surface area contributed by atoms with E-state index in [1.165, 1.54) is 6.07 Å². The van der Waals surface area contributed by atoms with Gasteiger partial charge in [0, 0.05) is 44.5 Å². The van der Waals surface area contributed by atoms with Gasteiger partial charge in [-0.25, -0.2) is 4.39 Å². The van der Waals surface area contributed by atoms with E-state index in [9.17, 15) is 9.18 Å². The van der Waals surface area contributed by atoms with Crippen LogP contribution in [0.1, 0.15) is 37.0 Å². The number of halogens is 2. The van der Waals surface area contributed by atoms with Crippen LogP contribution < -0.4 is 14.4 Å². The normalized spacial score (nSPS) is 18.5. The lowest BCUT2D eigenvalue weighted by Crippen LogP contribution is -2.46. The SMILES string of the molecule is CC1(C)CC(=O)c2ccc(OCCCN3CCN(c4ccc(F)c(Cl)c4)CC3)cc2O1. The van der Waals surface area contributed by atoms with Crippen molar-refractivity contribution in [3.8, 4) is 11.5 Å². The van der Waals surface area contributed by atoms with Crippen molar-refractivity contribution in [1.29, 1.82) is 0 Å². The van der Waals surface area contributed by atoms with Gasteiger partial charge in [0.2, 0.25) is 0 Å². The fourth-order valence-electron chi connectivity index (χ4n) is 4.11. The lowest BCUT2D eigenvalue weighted by molar-refractivity contribution is 0.0618. The number of nitrogens with zero attached hydrogens (tertiary/aromatic N) is 2. The van der Waals surface area contributed by atoms with Crippen LogP contribution in [0, 0.1) is 5.82 Å². The quantitative estimate of drug-likeness (QED) is 0.595. The van der Waals surface area contributed by atoms with E-state index in [1.807, 2.05) is 26.0 Å². The number of Topliss-reactive ketones (excluding diaryl/α,β-unsaturated/α-hetero) is 1. The molecule has 0 unspecified atom stereocenters. The summed E-state index contributed by atoms with van der Waals surface area (Å²) in [5, 5.41) is 0.164. The zero-order chi connectivity index (χ0) is 22.0. The first-order valence-corrected chi connectivity index (χ1v) is 11.1. The summed E-state index contributed by atoms with van der Waals surface area (Å²) in [4.78, 5) is 16.9. The van der Waals surface area contributed by atoms with Crippen molar-refractivity contribution in [2.75, 3.05) is 44.2 Å². The van der Waals surface area contributed by atoms with Gasteiger partial charge in [-0.15, -0.1) is 0 Å². The zero-order valence-corrected chi connectivity index (χ0v) is 18.8. The Morgan fingerprint density at radius 2 is 1.90 bits per heavy atom. The molecule has 0 amide bonds. The molecule has 1 fully saturated rings. The van der Waals surface area contributed by atoms with Gasteiger partial charge in [-0.3, -0.25) is 9.69 Å². The van der Waals surface area contributed by atoms with Crippen molar-refractivity contribution in [2.45, 2.75) is 32.3 Å². The Hall–Kier alpha value is -2.31. The average molecular weight is 447 g/mol.